The highest BCUT2D eigenvalue weighted by Gasteiger charge is 2.36. The molecule has 1 aromatic rings. The number of rotatable bonds is 0. The van der Waals surface area contributed by atoms with Crippen molar-refractivity contribution < 1.29 is 30.7 Å². The van der Waals surface area contributed by atoms with Gasteiger partial charge in [-0.1, -0.05) is 0 Å². The van der Waals surface area contributed by atoms with Gasteiger partial charge in [-0.05, 0) is 19.4 Å². The van der Waals surface area contributed by atoms with E-state index in [1.165, 1.54) is 11.1 Å². The van der Waals surface area contributed by atoms with Crippen LogP contribution in [0.15, 0.2) is 18.5 Å². The van der Waals surface area contributed by atoms with Crippen molar-refractivity contribution in [3.63, 3.8) is 0 Å². The third-order valence-electron chi connectivity index (χ3n) is 1.86. The molecule has 98 valence electrons. The first kappa shape index (κ1) is 15.9. The molecule has 4 nitrogen and oxygen atoms in total. The Labute approximate surface area is 97.5 Å². The van der Waals surface area contributed by atoms with Gasteiger partial charge in [0.2, 0.25) is 0 Å². The molecule has 0 radical (unpaired) electrons. The van der Waals surface area contributed by atoms with Gasteiger partial charge in [-0.15, -0.1) is 0 Å². The van der Waals surface area contributed by atoms with Gasteiger partial charge in [0.25, 0.3) is 0 Å². The summed E-state index contributed by atoms with van der Waals surface area (Å²) >= 11 is 0. The molecule has 0 N–H and O–H groups in total. The number of aryl methyl sites for hydroxylation is 3. The Balaban J connectivity index is 0.000000304. The van der Waals surface area contributed by atoms with Gasteiger partial charge in [-0.2, -0.15) is 13.2 Å². The minimum atomic E-state index is -6.09. The summed E-state index contributed by atoms with van der Waals surface area (Å²) in [5.74, 6) is 0. The Morgan fingerprint density at radius 2 is 1.65 bits per heavy atom. The summed E-state index contributed by atoms with van der Waals surface area (Å²) in [6.45, 7) is 4.24. The van der Waals surface area contributed by atoms with Gasteiger partial charge < -0.3 is 4.55 Å². The first-order valence-corrected chi connectivity index (χ1v) is 5.80. The Morgan fingerprint density at radius 1 is 1.24 bits per heavy atom. The van der Waals surface area contributed by atoms with Crippen LogP contribution in [0.4, 0.5) is 13.2 Å². The van der Waals surface area contributed by atoms with Gasteiger partial charge in [0, 0.05) is 11.6 Å². The van der Waals surface area contributed by atoms with Crippen molar-refractivity contribution in [2.45, 2.75) is 19.4 Å². The van der Waals surface area contributed by atoms with Crippen LogP contribution in [0, 0.1) is 13.8 Å². The Kier molecular flexibility index (Phi) is 5.09. The normalized spacial score (nSPS) is 11.7. The molecule has 0 bridgehead atoms. The lowest BCUT2D eigenvalue weighted by Gasteiger charge is -2.08. The van der Waals surface area contributed by atoms with Gasteiger partial charge in [-0.25, -0.2) is 13.0 Å². The van der Waals surface area contributed by atoms with Crippen molar-refractivity contribution in [3.8, 4) is 0 Å². The number of hydrogen-bond donors (Lipinski definition) is 0. The maximum absolute atomic E-state index is 10.7. The van der Waals surface area contributed by atoms with Crippen LogP contribution in [0.5, 0.6) is 0 Å². The monoisotopic (exact) mass is 271 g/mol. The van der Waals surface area contributed by atoms with E-state index in [4.69, 9.17) is 13.0 Å². The average molecular weight is 271 g/mol. The molecular formula is C9H12F3NO3S. The summed E-state index contributed by atoms with van der Waals surface area (Å²) in [4.78, 5) is 0. The average Bonchev–Trinajstić information content (AvgIpc) is 2.09. The van der Waals surface area contributed by atoms with Crippen LogP contribution in [0.25, 0.3) is 0 Å². The maximum atomic E-state index is 10.7. The lowest BCUT2D eigenvalue weighted by atomic mass is 10.2. The Morgan fingerprint density at radius 3 is 1.88 bits per heavy atom. The maximum Gasteiger partial charge on any atom is 0.485 e. The molecule has 8 heteroatoms. The minimum Gasteiger partial charge on any atom is -0.741 e. The standard InChI is InChI=1S/C8H12N.CHF3O3S/c1-7-4-5-9(3)6-8(7)2;2-1(3,4)8(5,6)7/h4-6H,1-3H3;(H,5,6,7)/q+1;/p-1. The molecule has 0 amide bonds. The van der Waals surface area contributed by atoms with Crippen LogP contribution in [-0.2, 0) is 17.2 Å². The highest BCUT2D eigenvalue weighted by Crippen LogP contribution is 2.20. The number of alkyl halides is 3. The van der Waals surface area contributed by atoms with E-state index in [0.717, 1.165) is 0 Å². The second kappa shape index (κ2) is 5.46. The van der Waals surface area contributed by atoms with E-state index in [0.29, 0.717) is 0 Å². The molecule has 0 saturated heterocycles. The topological polar surface area (TPSA) is 61.1 Å². The largest absolute Gasteiger partial charge is 0.741 e. The Bertz CT molecular complexity index is 483. The zero-order valence-electron chi connectivity index (χ0n) is 9.45. The molecule has 1 rings (SSSR count). The minimum absolute atomic E-state index is 1.35. The summed E-state index contributed by atoms with van der Waals surface area (Å²) in [5.41, 5.74) is -2.94. The molecule has 0 aliphatic heterocycles. The van der Waals surface area contributed by atoms with E-state index in [9.17, 15) is 13.2 Å². The molecule has 0 unspecified atom stereocenters. The Hall–Kier alpha value is -1.15. The van der Waals surface area contributed by atoms with Crippen molar-refractivity contribution in [1.82, 2.24) is 0 Å². The second-order valence-electron chi connectivity index (χ2n) is 3.38. The molecule has 0 aliphatic rings. The first-order chi connectivity index (χ1) is 7.45. The van der Waals surface area contributed by atoms with Gasteiger partial charge in [0.15, 0.2) is 22.5 Å². The van der Waals surface area contributed by atoms with E-state index in [1.807, 2.05) is 7.05 Å². The van der Waals surface area contributed by atoms with Crippen LogP contribution in [0.2, 0.25) is 0 Å². The highest BCUT2D eigenvalue weighted by atomic mass is 32.2. The fourth-order valence-electron chi connectivity index (χ4n) is 0.811. The van der Waals surface area contributed by atoms with Crippen LogP contribution in [-0.4, -0.2) is 18.5 Å². The fourth-order valence-corrected chi connectivity index (χ4v) is 0.811. The number of halogens is 3. The highest BCUT2D eigenvalue weighted by molar-refractivity contribution is 7.86. The molecule has 0 spiro atoms. The molecule has 0 fully saturated rings. The summed E-state index contributed by atoms with van der Waals surface area (Å²) in [6.07, 6.45) is 4.18. The first-order valence-electron chi connectivity index (χ1n) is 4.40. The third kappa shape index (κ3) is 5.64. The van der Waals surface area contributed by atoms with Crippen molar-refractivity contribution in [3.05, 3.63) is 29.6 Å². The lowest BCUT2D eigenvalue weighted by molar-refractivity contribution is -0.671. The van der Waals surface area contributed by atoms with Crippen molar-refractivity contribution in [1.29, 1.82) is 0 Å². The lowest BCUT2D eigenvalue weighted by Crippen LogP contribution is -2.26. The van der Waals surface area contributed by atoms with Crippen LogP contribution in [0.3, 0.4) is 0 Å². The van der Waals surface area contributed by atoms with Gasteiger partial charge in [0.05, 0.1) is 0 Å². The quantitative estimate of drug-likeness (QED) is 0.404. The third-order valence-corrected chi connectivity index (χ3v) is 2.43. The van der Waals surface area contributed by atoms with Crippen LogP contribution < -0.4 is 4.57 Å². The van der Waals surface area contributed by atoms with E-state index in [-0.39, 0.29) is 0 Å². The van der Waals surface area contributed by atoms with Gasteiger partial charge in [-0.3, -0.25) is 0 Å². The summed E-state index contributed by atoms with van der Waals surface area (Å²) in [6, 6.07) is 2.12. The molecule has 0 aromatic carbocycles. The molecule has 17 heavy (non-hydrogen) atoms. The SMILES string of the molecule is Cc1cc[n+](C)cc1C.O=S(=O)([O-])C(F)(F)F. The van der Waals surface area contributed by atoms with E-state index in [1.54, 1.807) is 0 Å². The summed E-state index contributed by atoms with van der Waals surface area (Å²) in [5, 5.41) is 0. The van der Waals surface area contributed by atoms with Crippen molar-refractivity contribution >= 4 is 10.1 Å². The molecule has 1 aromatic heterocycles. The zero-order valence-corrected chi connectivity index (χ0v) is 10.3. The van der Waals surface area contributed by atoms with Gasteiger partial charge in [0.1, 0.15) is 7.05 Å². The molecular weight excluding hydrogens is 259 g/mol. The number of aromatic nitrogens is 1. The molecule has 0 atom stereocenters. The fraction of sp³-hybridized carbons (Fsp3) is 0.444. The molecule has 0 saturated carbocycles. The number of hydrogen-bond acceptors (Lipinski definition) is 3. The second-order valence-corrected chi connectivity index (χ2v) is 4.75. The molecule has 0 aliphatic carbocycles. The van der Waals surface area contributed by atoms with E-state index < -0.39 is 15.6 Å². The van der Waals surface area contributed by atoms with E-state index in [2.05, 4.69) is 36.9 Å². The smallest absolute Gasteiger partial charge is 0.485 e. The molecule has 1 heterocycles. The predicted molar refractivity (Wildman–Crippen MR) is 52.8 cm³/mol. The van der Waals surface area contributed by atoms with Crippen LogP contribution >= 0.6 is 0 Å². The zero-order chi connectivity index (χ0) is 13.9. The predicted octanol–water partition coefficient (Wildman–Crippen LogP) is 1.18. The van der Waals surface area contributed by atoms with E-state index >= 15 is 0 Å². The number of nitrogens with zero attached hydrogens (tertiary/aromatic N) is 1. The van der Waals surface area contributed by atoms with Crippen molar-refractivity contribution in [2.75, 3.05) is 0 Å². The van der Waals surface area contributed by atoms with Crippen molar-refractivity contribution in [2.24, 2.45) is 7.05 Å². The summed E-state index contributed by atoms with van der Waals surface area (Å²) < 4.78 is 61.0. The summed E-state index contributed by atoms with van der Waals surface area (Å²) in [7, 11) is -4.06. The number of pyridine rings is 1. The van der Waals surface area contributed by atoms with Gasteiger partial charge >= 0.3 is 5.51 Å². The van der Waals surface area contributed by atoms with Crippen LogP contribution in [0.1, 0.15) is 11.1 Å².